The van der Waals surface area contributed by atoms with Crippen LogP contribution in [0.15, 0.2) is 42.6 Å². The summed E-state index contributed by atoms with van der Waals surface area (Å²) in [5.74, 6) is 1.25. The Hall–Kier alpha value is -2.36. The van der Waals surface area contributed by atoms with Gasteiger partial charge in [0, 0.05) is 11.3 Å². The van der Waals surface area contributed by atoms with Crippen LogP contribution in [0.4, 0.5) is 5.69 Å². The van der Waals surface area contributed by atoms with E-state index in [9.17, 15) is 4.79 Å². The minimum absolute atomic E-state index is 0.153. The predicted molar refractivity (Wildman–Crippen MR) is 88.3 cm³/mol. The standard InChI is InChI=1S/C18H22N2O2/c1-13(2)10-11-22-17-8-5-15(6-9-17)18(21)20-16-7-4-14(3)19-12-16/h4-9,12-13H,10-11H2,1-3H3,(H,20,21). The monoisotopic (exact) mass is 298 g/mol. The molecule has 0 spiro atoms. The number of hydrogen-bond acceptors (Lipinski definition) is 3. The zero-order valence-corrected chi connectivity index (χ0v) is 13.3. The Balaban J connectivity index is 1.91. The van der Waals surface area contributed by atoms with Crippen LogP contribution in [0.5, 0.6) is 5.75 Å². The van der Waals surface area contributed by atoms with Crippen LogP contribution in [0.1, 0.15) is 36.3 Å². The number of rotatable bonds is 6. The average Bonchev–Trinajstić information content (AvgIpc) is 2.50. The van der Waals surface area contributed by atoms with Crippen LogP contribution in [0, 0.1) is 12.8 Å². The lowest BCUT2D eigenvalue weighted by Crippen LogP contribution is -2.12. The van der Waals surface area contributed by atoms with Gasteiger partial charge in [0.15, 0.2) is 0 Å². The number of pyridine rings is 1. The second-order valence-electron chi connectivity index (χ2n) is 5.70. The number of aryl methyl sites for hydroxylation is 1. The van der Waals surface area contributed by atoms with Gasteiger partial charge in [0.1, 0.15) is 5.75 Å². The topological polar surface area (TPSA) is 51.2 Å². The lowest BCUT2D eigenvalue weighted by Gasteiger charge is -2.09. The van der Waals surface area contributed by atoms with Gasteiger partial charge in [-0.1, -0.05) is 13.8 Å². The first-order chi connectivity index (χ1) is 10.5. The summed E-state index contributed by atoms with van der Waals surface area (Å²) in [4.78, 5) is 16.3. The van der Waals surface area contributed by atoms with E-state index in [1.54, 1.807) is 18.3 Å². The molecule has 1 N–H and O–H groups in total. The van der Waals surface area contributed by atoms with Crippen molar-refractivity contribution in [1.29, 1.82) is 0 Å². The summed E-state index contributed by atoms with van der Waals surface area (Å²) in [5.41, 5.74) is 2.20. The van der Waals surface area contributed by atoms with E-state index in [0.717, 1.165) is 17.9 Å². The first kappa shape index (κ1) is 16.0. The molecule has 1 heterocycles. The van der Waals surface area contributed by atoms with Gasteiger partial charge in [0.25, 0.3) is 5.91 Å². The largest absolute Gasteiger partial charge is 0.494 e. The number of anilines is 1. The van der Waals surface area contributed by atoms with Gasteiger partial charge >= 0.3 is 0 Å². The normalized spacial score (nSPS) is 10.5. The average molecular weight is 298 g/mol. The molecule has 1 amide bonds. The summed E-state index contributed by atoms with van der Waals surface area (Å²) in [6.07, 6.45) is 2.67. The number of aromatic nitrogens is 1. The van der Waals surface area contributed by atoms with E-state index in [-0.39, 0.29) is 5.91 Å². The van der Waals surface area contributed by atoms with Crippen molar-refractivity contribution < 1.29 is 9.53 Å². The van der Waals surface area contributed by atoms with Gasteiger partial charge in [-0.05, 0) is 55.7 Å². The minimum Gasteiger partial charge on any atom is -0.494 e. The Bertz CT molecular complexity index is 604. The molecule has 0 saturated heterocycles. The third-order valence-corrected chi connectivity index (χ3v) is 3.25. The van der Waals surface area contributed by atoms with Gasteiger partial charge in [-0.3, -0.25) is 9.78 Å². The van der Waals surface area contributed by atoms with Crippen LogP contribution in [-0.4, -0.2) is 17.5 Å². The minimum atomic E-state index is -0.153. The maximum Gasteiger partial charge on any atom is 0.255 e. The van der Waals surface area contributed by atoms with E-state index in [4.69, 9.17) is 4.74 Å². The van der Waals surface area contributed by atoms with Gasteiger partial charge in [0.2, 0.25) is 0 Å². The predicted octanol–water partition coefficient (Wildman–Crippen LogP) is 4.07. The summed E-state index contributed by atoms with van der Waals surface area (Å²) < 4.78 is 5.64. The van der Waals surface area contributed by atoms with Crippen molar-refractivity contribution in [3.8, 4) is 5.75 Å². The maximum absolute atomic E-state index is 12.1. The smallest absolute Gasteiger partial charge is 0.255 e. The number of amides is 1. The molecule has 0 radical (unpaired) electrons. The molecular formula is C18H22N2O2. The molecule has 0 aliphatic rings. The van der Waals surface area contributed by atoms with Gasteiger partial charge in [-0.25, -0.2) is 0 Å². The Labute approximate surface area is 131 Å². The molecular weight excluding hydrogens is 276 g/mol. The highest BCUT2D eigenvalue weighted by molar-refractivity contribution is 6.04. The third kappa shape index (κ3) is 4.88. The van der Waals surface area contributed by atoms with Gasteiger partial charge in [0.05, 0.1) is 18.5 Å². The highest BCUT2D eigenvalue weighted by Crippen LogP contribution is 2.15. The first-order valence-corrected chi connectivity index (χ1v) is 7.51. The van der Waals surface area contributed by atoms with Crippen molar-refractivity contribution in [2.24, 2.45) is 5.92 Å². The van der Waals surface area contributed by atoms with Crippen LogP contribution in [-0.2, 0) is 0 Å². The summed E-state index contributed by atoms with van der Waals surface area (Å²) >= 11 is 0. The van der Waals surface area contributed by atoms with Crippen molar-refractivity contribution in [3.05, 3.63) is 53.9 Å². The Morgan fingerprint density at radius 1 is 1.18 bits per heavy atom. The van der Waals surface area contributed by atoms with Crippen LogP contribution in [0.2, 0.25) is 0 Å². The van der Waals surface area contributed by atoms with Crippen LogP contribution in [0.3, 0.4) is 0 Å². The van der Waals surface area contributed by atoms with Crippen molar-refractivity contribution in [2.45, 2.75) is 27.2 Å². The third-order valence-electron chi connectivity index (χ3n) is 3.25. The number of benzene rings is 1. The second-order valence-corrected chi connectivity index (χ2v) is 5.70. The lowest BCUT2D eigenvalue weighted by atomic mass is 10.1. The number of carbonyl (C=O) groups excluding carboxylic acids is 1. The molecule has 116 valence electrons. The molecule has 0 fully saturated rings. The van der Waals surface area contributed by atoms with E-state index in [1.807, 2.05) is 31.2 Å². The fourth-order valence-corrected chi connectivity index (χ4v) is 1.86. The summed E-state index contributed by atoms with van der Waals surface area (Å²) in [7, 11) is 0. The fraction of sp³-hybridized carbons (Fsp3) is 0.333. The maximum atomic E-state index is 12.1. The van der Waals surface area contributed by atoms with Crippen molar-refractivity contribution >= 4 is 11.6 Å². The van der Waals surface area contributed by atoms with E-state index < -0.39 is 0 Å². The molecule has 0 atom stereocenters. The Morgan fingerprint density at radius 2 is 1.91 bits per heavy atom. The summed E-state index contributed by atoms with van der Waals surface area (Å²) in [6.45, 7) is 6.93. The summed E-state index contributed by atoms with van der Waals surface area (Å²) in [6, 6.07) is 10.9. The molecule has 2 aromatic rings. The lowest BCUT2D eigenvalue weighted by molar-refractivity contribution is 0.102. The number of hydrogen-bond donors (Lipinski definition) is 1. The summed E-state index contributed by atoms with van der Waals surface area (Å²) in [5, 5.41) is 2.82. The quantitative estimate of drug-likeness (QED) is 0.874. The number of carbonyl (C=O) groups is 1. The fourth-order valence-electron chi connectivity index (χ4n) is 1.86. The molecule has 4 nitrogen and oxygen atoms in total. The molecule has 4 heteroatoms. The van der Waals surface area contributed by atoms with Crippen LogP contribution in [0.25, 0.3) is 0 Å². The first-order valence-electron chi connectivity index (χ1n) is 7.51. The molecule has 2 rings (SSSR count). The van der Waals surface area contributed by atoms with Crippen molar-refractivity contribution in [1.82, 2.24) is 4.98 Å². The van der Waals surface area contributed by atoms with Crippen molar-refractivity contribution in [3.63, 3.8) is 0 Å². The molecule has 0 aliphatic heterocycles. The molecule has 22 heavy (non-hydrogen) atoms. The van der Waals surface area contributed by atoms with Crippen LogP contribution >= 0.6 is 0 Å². The number of nitrogens with one attached hydrogen (secondary N) is 1. The molecule has 0 bridgehead atoms. The van der Waals surface area contributed by atoms with Crippen molar-refractivity contribution in [2.75, 3.05) is 11.9 Å². The zero-order valence-electron chi connectivity index (χ0n) is 13.3. The van der Waals surface area contributed by atoms with Gasteiger partial charge in [-0.15, -0.1) is 0 Å². The second kappa shape index (κ2) is 7.59. The van der Waals surface area contributed by atoms with E-state index >= 15 is 0 Å². The Morgan fingerprint density at radius 3 is 2.50 bits per heavy atom. The zero-order chi connectivity index (χ0) is 15.9. The Kier molecular flexibility index (Phi) is 5.53. The van der Waals surface area contributed by atoms with Gasteiger partial charge < -0.3 is 10.1 Å². The molecule has 1 aromatic carbocycles. The van der Waals surface area contributed by atoms with E-state index in [1.165, 1.54) is 0 Å². The van der Waals surface area contributed by atoms with Gasteiger partial charge in [-0.2, -0.15) is 0 Å². The molecule has 0 unspecified atom stereocenters. The van der Waals surface area contributed by atoms with E-state index in [2.05, 4.69) is 24.1 Å². The molecule has 0 saturated carbocycles. The van der Waals surface area contributed by atoms with Crippen LogP contribution < -0.4 is 10.1 Å². The highest BCUT2D eigenvalue weighted by atomic mass is 16.5. The number of nitrogens with zero attached hydrogens (tertiary/aromatic N) is 1. The molecule has 0 aliphatic carbocycles. The SMILES string of the molecule is Cc1ccc(NC(=O)c2ccc(OCCC(C)C)cc2)cn1. The van der Waals surface area contributed by atoms with E-state index in [0.29, 0.717) is 23.8 Å². The number of ether oxygens (including phenoxy) is 1. The molecule has 1 aromatic heterocycles. The highest BCUT2D eigenvalue weighted by Gasteiger charge is 2.06.